The molecule has 5 rings (SSSR count). The minimum Gasteiger partial charge on any atom is -0.342 e. The van der Waals surface area contributed by atoms with Gasteiger partial charge in [0, 0.05) is 25.7 Å². The molecule has 1 saturated heterocycles. The van der Waals surface area contributed by atoms with Gasteiger partial charge >= 0.3 is 0 Å². The van der Waals surface area contributed by atoms with Crippen molar-refractivity contribution in [3.63, 3.8) is 0 Å². The number of hydrogen-bond donors (Lipinski definition) is 0. The maximum Gasteiger partial charge on any atom is 0.267 e. The summed E-state index contributed by atoms with van der Waals surface area (Å²) in [6.07, 6.45) is 8.13. The van der Waals surface area contributed by atoms with Crippen LogP contribution in [0.3, 0.4) is 0 Å². The largest absolute Gasteiger partial charge is 0.342 e. The Kier molecular flexibility index (Phi) is 4.76. The van der Waals surface area contributed by atoms with E-state index in [9.17, 15) is 9.59 Å². The minimum absolute atomic E-state index is 0.0326. The van der Waals surface area contributed by atoms with Crippen LogP contribution in [0.5, 0.6) is 0 Å². The fourth-order valence-corrected chi connectivity index (χ4v) is 5.11. The molecule has 5 nitrogen and oxygen atoms in total. The third kappa shape index (κ3) is 3.52. The van der Waals surface area contributed by atoms with E-state index in [0.717, 1.165) is 74.9 Å². The second-order valence-corrected chi connectivity index (χ2v) is 9.03. The van der Waals surface area contributed by atoms with E-state index in [2.05, 4.69) is 22.1 Å². The van der Waals surface area contributed by atoms with Crippen molar-refractivity contribution in [1.82, 2.24) is 14.7 Å². The summed E-state index contributed by atoms with van der Waals surface area (Å²) in [7, 11) is 0. The summed E-state index contributed by atoms with van der Waals surface area (Å²) in [5.41, 5.74) is 3.18. The van der Waals surface area contributed by atoms with Crippen LogP contribution in [0.1, 0.15) is 55.3 Å². The molecule has 0 unspecified atom stereocenters. The van der Waals surface area contributed by atoms with E-state index in [1.165, 1.54) is 6.42 Å². The number of nitrogens with zero attached hydrogens (tertiary/aromatic N) is 3. The Morgan fingerprint density at radius 3 is 2.52 bits per heavy atom. The summed E-state index contributed by atoms with van der Waals surface area (Å²) in [5, 5.41) is 4.67. The van der Waals surface area contributed by atoms with Gasteiger partial charge in [-0.05, 0) is 68.4 Å². The van der Waals surface area contributed by atoms with Crippen LogP contribution in [-0.2, 0) is 29.6 Å². The van der Waals surface area contributed by atoms with E-state index in [4.69, 9.17) is 0 Å². The molecule has 152 valence electrons. The third-order valence-corrected chi connectivity index (χ3v) is 7.09. The second kappa shape index (κ2) is 7.43. The molecule has 2 fully saturated rings. The van der Waals surface area contributed by atoms with E-state index >= 15 is 0 Å². The number of amides is 1. The number of aryl methyl sites for hydroxylation is 2. The molecule has 3 aliphatic rings. The summed E-state index contributed by atoms with van der Waals surface area (Å²) >= 11 is 0. The Labute approximate surface area is 171 Å². The van der Waals surface area contributed by atoms with Crippen molar-refractivity contribution in [2.24, 2.45) is 5.92 Å². The molecule has 1 aromatic heterocycles. The van der Waals surface area contributed by atoms with Crippen LogP contribution in [-0.4, -0.2) is 33.7 Å². The maximum atomic E-state index is 13.2. The van der Waals surface area contributed by atoms with Crippen LogP contribution in [0.25, 0.3) is 0 Å². The lowest BCUT2D eigenvalue weighted by Crippen LogP contribution is -2.45. The lowest BCUT2D eigenvalue weighted by Gasteiger charge is -2.34. The van der Waals surface area contributed by atoms with Crippen LogP contribution < -0.4 is 5.56 Å². The number of rotatable bonds is 4. The topological polar surface area (TPSA) is 55.2 Å². The van der Waals surface area contributed by atoms with Crippen molar-refractivity contribution in [2.75, 3.05) is 13.1 Å². The molecule has 1 aliphatic heterocycles. The molecule has 5 heteroatoms. The first kappa shape index (κ1) is 18.6. The second-order valence-electron chi connectivity index (χ2n) is 9.03. The molecular weight excluding hydrogens is 362 g/mol. The summed E-state index contributed by atoms with van der Waals surface area (Å²) in [6.45, 7) is 2.26. The maximum absolute atomic E-state index is 13.2. The predicted octanol–water partition coefficient (Wildman–Crippen LogP) is 3.09. The summed E-state index contributed by atoms with van der Waals surface area (Å²) in [5.74, 6) is 0.712. The zero-order valence-corrected chi connectivity index (χ0v) is 17.0. The Bertz CT molecular complexity index is 954. The molecule has 1 saturated carbocycles. The highest BCUT2D eigenvalue weighted by atomic mass is 16.2. The molecule has 2 aliphatic carbocycles. The van der Waals surface area contributed by atoms with E-state index in [1.54, 1.807) is 10.7 Å². The molecular formula is C24H29N3O2. The number of fused-ring (bicyclic) bond motifs is 1. The number of hydrogen-bond acceptors (Lipinski definition) is 3. The zero-order chi connectivity index (χ0) is 19.8. The number of aromatic nitrogens is 2. The molecule has 0 spiro atoms. The summed E-state index contributed by atoms with van der Waals surface area (Å²) in [6, 6.07) is 12.0. The standard InChI is InChI=1S/C24H29N3O2/c28-22-16-19-6-4-5-9-21(19)25-27(22)17-18-10-14-26(15-11-18)23(29)24(12-13-24)20-7-2-1-3-8-20/h1-3,7-8,16,18H,4-6,9-15,17H2. The van der Waals surface area contributed by atoms with Crippen LogP contribution >= 0.6 is 0 Å². The quantitative estimate of drug-likeness (QED) is 0.805. The molecule has 1 amide bonds. The number of benzene rings is 1. The first-order chi connectivity index (χ1) is 14.2. The van der Waals surface area contributed by atoms with Gasteiger partial charge in [-0.3, -0.25) is 9.59 Å². The first-order valence-corrected chi connectivity index (χ1v) is 11.1. The zero-order valence-electron chi connectivity index (χ0n) is 17.0. The molecule has 0 atom stereocenters. The van der Waals surface area contributed by atoms with Crippen LogP contribution in [0.15, 0.2) is 41.2 Å². The van der Waals surface area contributed by atoms with Crippen molar-refractivity contribution in [2.45, 2.75) is 63.3 Å². The number of piperidine rings is 1. The Hall–Kier alpha value is -2.43. The minimum atomic E-state index is -0.273. The van der Waals surface area contributed by atoms with Gasteiger partial charge in [-0.25, -0.2) is 4.68 Å². The first-order valence-electron chi connectivity index (χ1n) is 11.1. The fraction of sp³-hybridized carbons (Fsp3) is 0.542. The van der Waals surface area contributed by atoms with Crippen LogP contribution in [0, 0.1) is 5.92 Å². The van der Waals surface area contributed by atoms with Crippen molar-refractivity contribution in [3.8, 4) is 0 Å². The number of carbonyl (C=O) groups is 1. The highest BCUT2D eigenvalue weighted by Crippen LogP contribution is 2.49. The Balaban J connectivity index is 1.22. The van der Waals surface area contributed by atoms with Crippen LogP contribution in [0.2, 0.25) is 0 Å². The molecule has 2 heterocycles. The fourth-order valence-electron chi connectivity index (χ4n) is 5.11. The molecule has 29 heavy (non-hydrogen) atoms. The summed E-state index contributed by atoms with van der Waals surface area (Å²) < 4.78 is 1.68. The average molecular weight is 392 g/mol. The molecule has 1 aromatic carbocycles. The molecule has 2 aromatic rings. The molecule has 0 bridgehead atoms. The lowest BCUT2D eigenvalue weighted by molar-refractivity contribution is -0.135. The van der Waals surface area contributed by atoms with E-state index in [-0.39, 0.29) is 11.0 Å². The van der Waals surface area contributed by atoms with Gasteiger partial charge < -0.3 is 4.90 Å². The Morgan fingerprint density at radius 1 is 1.07 bits per heavy atom. The highest BCUT2D eigenvalue weighted by Gasteiger charge is 2.53. The van der Waals surface area contributed by atoms with E-state index < -0.39 is 0 Å². The monoisotopic (exact) mass is 391 g/mol. The summed E-state index contributed by atoms with van der Waals surface area (Å²) in [4.78, 5) is 27.7. The van der Waals surface area contributed by atoms with Gasteiger partial charge in [-0.1, -0.05) is 30.3 Å². The van der Waals surface area contributed by atoms with Gasteiger partial charge in [0.25, 0.3) is 5.56 Å². The smallest absolute Gasteiger partial charge is 0.267 e. The van der Waals surface area contributed by atoms with Crippen LogP contribution in [0.4, 0.5) is 0 Å². The van der Waals surface area contributed by atoms with Crippen molar-refractivity contribution >= 4 is 5.91 Å². The highest BCUT2D eigenvalue weighted by molar-refractivity contribution is 5.91. The van der Waals surface area contributed by atoms with Crippen molar-refractivity contribution in [3.05, 3.63) is 63.6 Å². The predicted molar refractivity (Wildman–Crippen MR) is 112 cm³/mol. The molecule has 0 N–H and O–H groups in total. The number of likely N-dealkylation sites (tertiary alicyclic amines) is 1. The average Bonchev–Trinajstić information content (AvgIpc) is 3.57. The van der Waals surface area contributed by atoms with Gasteiger partial charge in [-0.15, -0.1) is 0 Å². The van der Waals surface area contributed by atoms with Crippen molar-refractivity contribution < 1.29 is 4.79 Å². The van der Waals surface area contributed by atoms with Gasteiger partial charge in [-0.2, -0.15) is 5.10 Å². The van der Waals surface area contributed by atoms with E-state index in [1.807, 2.05) is 18.2 Å². The van der Waals surface area contributed by atoms with Gasteiger partial charge in [0.1, 0.15) is 0 Å². The number of carbonyl (C=O) groups excluding carboxylic acids is 1. The normalized spacial score (nSPS) is 20.9. The third-order valence-electron chi connectivity index (χ3n) is 7.09. The van der Waals surface area contributed by atoms with E-state index in [0.29, 0.717) is 18.4 Å². The van der Waals surface area contributed by atoms with Gasteiger partial charge in [0.15, 0.2) is 0 Å². The van der Waals surface area contributed by atoms with Crippen molar-refractivity contribution in [1.29, 1.82) is 0 Å². The van der Waals surface area contributed by atoms with Gasteiger partial charge in [0.2, 0.25) is 5.91 Å². The SMILES string of the molecule is O=C(N1CCC(Cn2nc3c(cc2=O)CCCC3)CC1)C1(c2ccccc2)CC1. The Morgan fingerprint density at radius 2 is 1.79 bits per heavy atom. The lowest BCUT2D eigenvalue weighted by atomic mass is 9.91. The molecule has 0 radical (unpaired) electrons. The van der Waals surface area contributed by atoms with Gasteiger partial charge in [0.05, 0.1) is 11.1 Å².